The fraction of sp³-hybridized carbons (Fsp3) is 0.0800. The molecule has 5 rings (SSSR count). The minimum atomic E-state index is -4.86. The fourth-order valence-corrected chi connectivity index (χ4v) is 5.72. The van der Waals surface area contributed by atoms with Gasteiger partial charge in [0.25, 0.3) is 10.0 Å². The lowest BCUT2D eigenvalue weighted by Crippen LogP contribution is -2.13. The zero-order chi connectivity index (χ0) is 28.7. The summed E-state index contributed by atoms with van der Waals surface area (Å²) in [6.07, 6.45) is -5.60. The third-order valence-corrected chi connectivity index (χ3v) is 8.22. The van der Waals surface area contributed by atoms with Crippen LogP contribution in [-0.2, 0) is 22.4 Å². The Hall–Kier alpha value is -4.42. The van der Waals surface area contributed by atoms with E-state index in [1.165, 1.54) is 30.6 Å². The number of hydrogen-bond donors (Lipinski definition) is 1. The van der Waals surface area contributed by atoms with Crippen molar-refractivity contribution in [3.8, 4) is 23.1 Å². The molecule has 0 aliphatic carbocycles. The van der Waals surface area contributed by atoms with Gasteiger partial charge in [-0.05, 0) is 42.5 Å². The first-order valence-electron chi connectivity index (χ1n) is 11.0. The van der Waals surface area contributed by atoms with Gasteiger partial charge in [-0.15, -0.1) is 11.3 Å². The normalized spacial score (nSPS) is 12.2. The van der Waals surface area contributed by atoms with Gasteiger partial charge in [-0.3, -0.25) is 9.71 Å². The minimum absolute atomic E-state index is 0.00875. The molecule has 0 bridgehead atoms. The van der Waals surface area contributed by atoms with Crippen molar-refractivity contribution in [2.24, 2.45) is 0 Å². The average Bonchev–Trinajstić information content (AvgIpc) is 3.54. The van der Waals surface area contributed by atoms with E-state index in [0.29, 0.717) is 15.5 Å². The minimum Gasteiger partial charge on any atom is -0.277 e. The maximum Gasteiger partial charge on any atom is 0.433 e. The van der Waals surface area contributed by atoms with Gasteiger partial charge < -0.3 is 0 Å². The number of nitrogens with one attached hydrogen (secondary N) is 1. The van der Waals surface area contributed by atoms with Crippen molar-refractivity contribution in [1.29, 1.82) is 0 Å². The molecule has 0 fully saturated rings. The summed E-state index contributed by atoms with van der Waals surface area (Å²) in [7, 11) is -3.93. The van der Waals surface area contributed by atoms with Crippen LogP contribution in [0.1, 0.15) is 21.7 Å². The van der Waals surface area contributed by atoms with Gasteiger partial charge in [0.2, 0.25) is 0 Å². The molecule has 15 heteroatoms. The zero-order valence-electron chi connectivity index (χ0n) is 19.6. The molecule has 5 aromatic rings. The van der Waals surface area contributed by atoms with Gasteiger partial charge >= 0.3 is 12.4 Å². The van der Waals surface area contributed by atoms with Crippen LogP contribution in [0.25, 0.3) is 16.9 Å². The first-order valence-corrected chi connectivity index (χ1v) is 13.3. The van der Waals surface area contributed by atoms with Gasteiger partial charge in [0.05, 0.1) is 39.8 Å². The molecule has 7 nitrogen and oxygen atoms in total. The molecule has 0 saturated carbocycles. The number of nitrogens with zero attached hydrogens (tertiary/aromatic N) is 4. The third-order valence-electron chi connectivity index (χ3n) is 5.35. The number of hydrogen-bond acceptors (Lipinski definition) is 6. The van der Waals surface area contributed by atoms with Crippen LogP contribution >= 0.6 is 11.3 Å². The Labute approximate surface area is 226 Å². The van der Waals surface area contributed by atoms with E-state index < -0.39 is 33.6 Å². The molecule has 0 aliphatic heterocycles. The lowest BCUT2D eigenvalue weighted by atomic mass is 10.1. The van der Waals surface area contributed by atoms with E-state index in [1.807, 2.05) is 0 Å². The van der Waals surface area contributed by atoms with Crippen LogP contribution in [0.5, 0.6) is 0 Å². The summed E-state index contributed by atoms with van der Waals surface area (Å²) in [5, 5.41) is 3.74. The molecule has 1 N–H and O–H groups in total. The summed E-state index contributed by atoms with van der Waals surface area (Å²) in [5.41, 5.74) is -2.40. The largest absolute Gasteiger partial charge is 0.433 e. The molecule has 1 aromatic carbocycles. The summed E-state index contributed by atoms with van der Waals surface area (Å²) in [6.45, 7) is 0. The van der Waals surface area contributed by atoms with Crippen LogP contribution < -0.4 is 4.72 Å². The molecule has 0 amide bonds. The van der Waals surface area contributed by atoms with E-state index in [1.54, 1.807) is 6.07 Å². The molecule has 40 heavy (non-hydrogen) atoms. The first kappa shape index (κ1) is 27.2. The molecule has 204 valence electrons. The summed E-state index contributed by atoms with van der Waals surface area (Å²) in [5.74, 6) is 5.36. The van der Waals surface area contributed by atoms with Gasteiger partial charge in [-0.25, -0.2) is 17.9 Å². The second-order valence-electron chi connectivity index (χ2n) is 8.11. The Kier molecular flexibility index (Phi) is 6.76. The van der Waals surface area contributed by atoms with Crippen LogP contribution in [0.2, 0.25) is 0 Å². The highest BCUT2D eigenvalue weighted by Gasteiger charge is 2.36. The van der Waals surface area contributed by atoms with Crippen molar-refractivity contribution in [3.05, 3.63) is 94.9 Å². The molecule has 4 aromatic heterocycles. The number of anilines is 1. The molecular formula is C25H13F6N5O2S2. The molecular weight excluding hydrogens is 580 g/mol. The van der Waals surface area contributed by atoms with E-state index in [-0.39, 0.29) is 32.4 Å². The van der Waals surface area contributed by atoms with Gasteiger partial charge in [-0.2, -0.15) is 31.4 Å². The number of alkyl halides is 6. The topological polar surface area (TPSA) is 89.2 Å². The summed E-state index contributed by atoms with van der Waals surface area (Å²) >= 11 is 0.833. The van der Waals surface area contributed by atoms with Crippen LogP contribution in [-0.4, -0.2) is 28.0 Å². The predicted molar refractivity (Wildman–Crippen MR) is 134 cm³/mol. The zero-order valence-corrected chi connectivity index (χ0v) is 21.3. The van der Waals surface area contributed by atoms with Gasteiger partial charge in [0, 0.05) is 11.8 Å². The maximum absolute atomic E-state index is 13.8. The van der Waals surface area contributed by atoms with E-state index >= 15 is 0 Å². The van der Waals surface area contributed by atoms with Crippen LogP contribution in [0.3, 0.4) is 0 Å². The summed E-state index contributed by atoms with van der Waals surface area (Å²) in [4.78, 5) is 8.31. The maximum atomic E-state index is 13.8. The van der Waals surface area contributed by atoms with E-state index in [0.717, 1.165) is 41.8 Å². The Morgan fingerprint density at radius 3 is 2.30 bits per heavy atom. The second-order valence-corrected chi connectivity index (χ2v) is 11.1. The van der Waals surface area contributed by atoms with Crippen LogP contribution in [0.15, 0.2) is 77.4 Å². The lowest BCUT2D eigenvalue weighted by Gasteiger charge is -2.12. The van der Waals surface area contributed by atoms with Crippen molar-refractivity contribution in [3.63, 3.8) is 0 Å². The molecule has 4 heterocycles. The monoisotopic (exact) mass is 593 g/mol. The van der Waals surface area contributed by atoms with Crippen LogP contribution in [0.4, 0.5) is 32.0 Å². The molecule has 0 radical (unpaired) electrons. The smallest absolute Gasteiger partial charge is 0.277 e. The van der Waals surface area contributed by atoms with Gasteiger partial charge in [-0.1, -0.05) is 24.0 Å². The SMILES string of the molecule is O=S(=O)(Nc1cccnc1)c1ccc(C#Cc2cnn3c(C(F)(F)F)cc(-c4ccc(C(F)(F)F)cc4)nc23)s1. The average molecular weight is 594 g/mol. The second kappa shape index (κ2) is 9.96. The number of fused-ring (bicyclic) bond motifs is 1. The molecule has 0 unspecified atom stereocenters. The van der Waals surface area contributed by atoms with Crippen molar-refractivity contribution in [2.75, 3.05) is 4.72 Å². The number of pyridine rings is 1. The lowest BCUT2D eigenvalue weighted by molar-refractivity contribution is -0.142. The number of thiophene rings is 1. The number of rotatable bonds is 4. The highest BCUT2D eigenvalue weighted by atomic mass is 32.2. The molecule has 0 saturated heterocycles. The fourth-order valence-electron chi connectivity index (χ4n) is 3.52. The van der Waals surface area contributed by atoms with E-state index in [2.05, 4.69) is 31.6 Å². The standard InChI is InChI=1S/C25H13F6N5O2S2/c26-24(27,28)17-6-3-15(4-7-17)20-12-21(25(29,30)31)36-23(34-20)16(13-33-36)5-8-19-9-10-22(39-19)40(37,38)35-18-2-1-11-32-14-18/h1-4,6-7,9-14,35H. The molecule has 0 aliphatic rings. The molecule has 0 spiro atoms. The Bertz CT molecular complexity index is 1870. The number of benzene rings is 1. The Morgan fingerprint density at radius 2 is 1.65 bits per heavy atom. The van der Waals surface area contributed by atoms with E-state index in [9.17, 15) is 34.8 Å². The van der Waals surface area contributed by atoms with Gasteiger partial charge in [0.1, 0.15) is 4.21 Å². The van der Waals surface area contributed by atoms with Crippen molar-refractivity contribution in [2.45, 2.75) is 16.6 Å². The summed E-state index contributed by atoms with van der Waals surface area (Å²) < 4.78 is 108. The highest BCUT2D eigenvalue weighted by molar-refractivity contribution is 7.94. The van der Waals surface area contributed by atoms with Crippen molar-refractivity contribution in [1.82, 2.24) is 19.6 Å². The van der Waals surface area contributed by atoms with Crippen molar-refractivity contribution >= 4 is 32.7 Å². The Morgan fingerprint density at radius 1 is 0.900 bits per heavy atom. The summed E-state index contributed by atoms with van der Waals surface area (Å²) in [6, 6.07) is 10.1. The molecule has 0 atom stereocenters. The number of halogens is 6. The van der Waals surface area contributed by atoms with Crippen molar-refractivity contribution < 1.29 is 34.8 Å². The first-order chi connectivity index (χ1) is 18.8. The third kappa shape index (κ3) is 5.63. The van der Waals surface area contributed by atoms with Crippen LogP contribution in [0, 0.1) is 11.8 Å². The number of aromatic nitrogens is 4. The number of sulfonamides is 1. The van der Waals surface area contributed by atoms with E-state index in [4.69, 9.17) is 0 Å². The Balaban J connectivity index is 1.51. The van der Waals surface area contributed by atoms with Gasteiger partial charge in [0.15, 0.2) is 11.3 Å². The highest BCUT2D eigenvalue weighted by Crippen LogP contribution is 2.34. The predicted octanol–water partition coefficient (Wildman–Crippen LogP) is 6.09. The quantitative estimate of drug-likeness (QED) is 0.201.